The quantitative estimate of drug-likeness (QED) is 0.749. The SMILES string of the molecule is CC1COCCN1C(=O)c1ccc(S(=O)(=O)C2CCS(=O)(=O)C2)cc1. The Balaban J connectivity index is 1.79. The lowest BCUT2D eigenvalue weighted by Crippen LogP contribution is -2.47. The average molecular weight is 387 g/mol. The van der Waals surface area contributed by atoms with Gasteiger partial charge in [0.15, 0.2) is 19.7 Å². The van der Waals surface area contributed by atoms with Crippen LogP contribution in [0, 0.1) is 0 Å². The normalized spacial score (nSPS) is 26.5. The molecule has 3 rings (SSSR count). The van der Waals surface area contributed by atoms with Gasteiger partial charge in [-0.25, -0.2) is 16.8 Å². The first-order valence-electron chi connectivity index (χ1n) is 8.14. The summed E-state index contributed by atoms with van der Waals surface area (Å²) >= 11 is 0. The lowest BCUT2D eigenvalue weighted by atomic mass is 10.1. The third-order valence-electron chi connectivity index (χ3n) is 4.69. The molecule has 1 aromatic carbocycles. The fraction of sp³-hybridized carbons (Fsp3) is 0.562. The first kappa shape index (κ1) is 18.3. The van der Waals surface area contributed by atoms with Crippen LogP contribution in [0.15, 0.2) is 29.2 Å². The number of carbonyl (C=O) groups excluding carboxylic acids is 1. The van der Waals surface area contributed by atoms with Crippen molar-refractivity contribution in [2.75, 3.05) is 31.3 Å². The summed E-state index contributed by atoms with van der Waals surface area (Å²) in [6, 6.07) is 5.72. The summed E-state index contributed by atoms with van der Waals surface area (Å²) in [5.74, 6) is -0.591. The average Bonchev–Trinajstić information content (AvgIpc) is 2.95. The van der Waals surface area contributed by atoms with Gasteiger partial charge in [-0.15, -0.1) is 0 Å². The molecule has 0 aliphatic carbocycles. The second kappa shape index (κ2) is 6.69. The zero-order chi connectivity index (χ0) is 18.2. The lowest BCUT2D eigenvalue weighted by Gasteiger charge is -2.33. The van der Waals surface area contributed by atoms with Crippen LogP contribution in [-0.2, 0) is 24.4 Å². The number of rotatable bonds is 3. The van der Waals surface area contributed by atoms with Gasteiger partial charge in [-0.05, 0) is 37.6 Å². The zero-order valence-electron chi connectivity index (χ0n) is 13.9. The molecule has 2 aliphatic heterocycles. The van der Waals surface area contributed by atoms with Crippen molar-refractivity contribution < 1.29 is 26.4 Å². The Hall–Kier alpha value is -1.45. The summed E-state index contributed by atoms with van der Waals surface area (Å²) in [4.78, 5) is 14.3. The molecule has 7 nitrogen and oxygen atoms in total. The fourth-order valence-electron chi connectivity index (χ4n) is 3.18. The van der Waals surface area contributed by atoms with Crippen LogP contribution in [0.25, 0.3) is 0 Å². The van der Waals surface area contributed by atoms with E-state index in [0.29, 0.717) is 25.3 Å². The van der Waals surface area contributed by atoms with Crippen molar-refractivity contribution in [3.63, 3.8) is 0 Å². The maximum Gasteiger partial charge on any atom is 0.254 e. The smallest absolute Gasteiger partial charge is 0.254 e. The number of carbonyl (C=O) groups is 1. The van der Waals surface area contributed by atoms with Gasteiger partial charge in [-0.3, -0.25) is 4.79 Å². The van der Waals surface area contributed by atoms with Crippen LogP contribution >= 0.6 is 0 Å². The molecule has 1 amide bonds. The molecule has 138 valence electrons. The molecular formula is C16H21NO6S2. The van der Waals surface area contributed by atoms with E-state index in [-0.39, 0.29) is 34.8 Å². The number of amides is 1. The van der Waals surface area contributed by atoms with E-state index in [4.69, 9.17) is 4.74 Å². The van der Waals surface area contributed by atoms with Crippen LogP contribution in [0.2, 0.25) is 0 Å². The van der Waals surface area contributed by atoms with Crippen LogP contribution < -0.4 is 0 Å². The van der Waals surface area contributed by atoms with Crippen LogP contribution in [0.4, 0.5) is 0 Å². The first-order chi connectivity index (χ1) is 11.7. The van der Waals surface area contributed by atoms with Crippen molar-refractivity contribution in [2.24, 2.45) is 0 Å². The van der Waals surface area contributed by atoms with E-state index in [2.05, 4.69) is 0 Å². The van der Waals surface area contributed by atoms with Crippen molar-refractivity contribution in [3.8, 4) is 0 Å². The van der Waals surface area contributed by atoms with Gasteiger partial charge in [0.25, 0.3) is 5.91 Å². The Kier molecular flexibility index (Phi) is 4.91. The molecule has 2 saturated heterocycles. The fourth-order valence-corrected chi connectivity index (χ4v) is 7.54. The zero-order valence-corrected chi connectivity index (χ0v) is 15.6. The summed E-state index contributed by atoms with van der Waals surface area (Å²) < 4.78 is 53.6. The minimum Gasteiger partial charge on any atom is -0.377 e. The van der Waals surface area contributed by atoms with Gasteiger partial charge < -0.3 is 9.64 Å². The number of benzene rings is 1. The summed E-state index contributed by atoms with van der Waals surface area (Å²) in [7, 11) is -6.99. The molecule has 0 spiro atoms. The molecule has 2 aliphatic rings. The highest BCUT2D eigenvalue weighted by molar-refractivity contribution is 7.96. The van der Waals surface area contributed by atoms with E-state index in [0.717, 1.165) is 0 Å². The van der Waals surface area contributed by atoms with E-state index >= 15 is 0 Å². The largest absolute Gasteiger partial charge is 0.377 e. The Bertz CT molecular complexity index is 860. The van der Waals surface area contributed by atoms with E-state index in [9.17, 15) is 21.6 Å². The van der Waals surface area contributed by atoms with Crippen LogP contribution in [-0.4, -0.2) is 70.2 Å². The van der Waals surface area contributed by atoms with E-state index in [1.807, 2.05) is 6.92 Å². The van der Waals surface area contributed by atoms with Gasteiger partial charge in [-0.1, -0.05) is 0 Å². The molecule has 2 fully saturated rings. The number of ether oxygens (including phenoxy) is 1. The van der Waals surface area contributed by atoms with Gasteiger partial charge in [0.1, 0.15) is 0 Å². The number of hydrogen-bond acceptors (Lipinski definition) is 6. The molecular weight excluding hydrogens is 366 g/mol. The standard InChI is InChI=1S/C16H21NO6S2/c1-12-10-23-8-7-17(12)16(18)13-2-4-14(5-3-13)25(21,22)15-6-9-24(19,20)11-15/h2-5,12,15H,6-11H2,1H3. The molecule has 9 heteroatoms. The molecule has 1 aromatic rings. The second-order valence-electron chi connectivity index (χ2n) is 6.52. The molecule has 0 saturated carbocycles. The molecule has 0 bridgehead atoms. The van der Waals surface area contributed by atoms with Crippen molar-refractivity contribution in [3.05, 3.63) is 29.8 Å². The van der Waals surface area contributed by atoms with Crippen LogP contribution in [0.1, 0.15) is 23.7 Å². The Morgan fingerprint density at radius 1 is 1.24 bits per heavy atom. The number of hydrogen-bond donors (Lipinski definition) is 0. The van der Waals surface area contributed by atoms with Gasteiger partial charge >= 0.3 is 0 Å². The van der Waals surface area contributed by atoms with E-state index in [1.165, 1.54) is 24.3 Å². The highest BCUT2D eigenvalue weighted by Gasteiger charge is 2.38. The monoisotopic (exact) mass is 387 g/mol. The predicted molar refractivity (Wildman–Crippen MR) is 92.0 cm³/mol. The number of sulfone groups is 2. The van der Waals surface area contributed by atoms with Crippen LogP contribution in [0.5, 0.6) is 0 Å². The minimum absolute atomic E-state index is 0.0339. The van der Waals surface area contributed by atoms with E-state index < -0.39 is 24.9 Å². The van der Waals surface area contributed by atoms with Gasteiger partial charge in [-0.2, -0.15) is 0 Å². The predicted octanol–water partition coefficient (Wildman–Crippen LogP) is 0.508. The third kappa shape index (κ3) is 3.73. The van der Waals surface area contributed by atoms with Crippen molar-refractivity contribution in [2.45, 2.75) is 29.5 Å². The third-order valence-corrected chi connectivity index (χ3v) is 8.88. The van der Waals surface area contributed by atoms with Crippen molar-refractivity contribution in [1.29, 1.82) is 0 Å². The highest BCUT2D eigenvalue weighted by atomic mass is 32.2. The van der Waals surface area contributed by atoms with Crippen LogP contribution in [0.3, 0.4) is 0 Å². The number of nitrogens with zero attached hydrogens (tertiary/aromatic N) is 1. The summed E-state index contributed by atoms with van der Waals surface area (Å²) in [6.07, 6.45) is 0.122. The summed E-state index contributed by atoms with van der Waals surface area (Å²) in [5.41, 5.74) is 0.409. The molecule has 0 radical (unpaired) electrons. The molecule has 25 heavy (non-hydrogen) atoms. The van der Waals surface area contributed by atoms with E-state index in [1.54, 1.807) is 4.90 Å². The maximum absolute atomic E-state index is 12.6. The molecule has 2 heterocycles. The first-order valence-corrected chi connectivity index (χ1v) is 11.5. The van der Waals surface area contributed by atoms with Gasteiger partial charge in [0.05, 0.1) is 40.9 Å². The topological polar surface area (TPSA) is 97.8 Å². The molecule has 2 atom stereocenters. The second-order valence-corrected chi connectivity index (χ2v) is 11.0. The summed E-state index contributed by atoms with van der Waals surface area (Å²) in [5, 5.41) is -0.904. The molecule has 0 aromatic heterocycles. The van der Waals surface area contributed by atoms with Crippen molar-refractivity contribution in [1.82, 2.24) is 4.90 Å². The van der Waals surface area contributed by atoms with Crippen molar-refractivity contribution >= 4 is 25.6 Å². The minimum atomic E-state index is -3.71. The van der Waals surface area contributed by atoms with Gasteiger partial charge in [0, 0.05) is 12.1 Å². The Morgan fingerprint density at radius 3 is 2.48 bits per heavy atom. The lowest BCUT2D eigenvalue weighted by molar-refractivity contribution is 0.00359. The maximum atomic E-state index is 12.6. The molecule has 0 N–H and O–H groups in total. The number of morpholine rings is 1. The Morgan fingerprint density at radius 2 is 1.92 bits per heavy atom. The van der Waals surface area contributed by atoms with Gasteiger partial charge in [0.2, 0.25) is 0 Å². The Labute approximate surface area is 147 Å². The molecule has 2 unspecified atom stereocenters. The summed E-state index contributed by atoms with van der Waals surface area (Å²) in [6.45, 7) is 3.36. The highest BCUT2D eigenvalue weighted by Crippen LogP contribution is 2.26.